The highest BCUT2D eigenvalue weighted by molar-refractivity contribution is 6.04. The van der Waals surface area contributed by atoms with Crippen LogP contribution in [-0.2, 0) is 13.6 Å². The highest BCUT2D eigenvalue weighted by atomic mass is 16.3. The summed E-state index contributed by atoms with van der Waals surface area (Å²) < 4.78 is 1.65. The topological polar surface area (TPSA) is 70.4 Å². The highest BCUT2D eigenvalue weighted by Gasteiger charge is 2.18. The highest BCUT2D eigenvalue weighted by Crippen LogP contribution is 2.20. The van der Waals surface area contributed by atoms with Crippen molar-refractivity contribution < 1.29 is 9.90 Å². The molecule has 25 heavy (non-hydrogen) atoms. The van der Waals surface area contributed by atoms with Crippen molar-refractivity contribution >= 4 is 11.6 Å². The van der Waals surface area contributed by atoms with E-state index in [2.05, 4.69) is 21.4 Å². The number of amides is 1. The van der Waals surface area contributed by atoms with Gasteiger partial charge in [0.2, 0.25) is 0 Å². The van der Waals surface area contributed by atoms with E-state index in [0.717, 1.165) is 43.9 Å². The van der Waals surface area contributed by atoms with E-state index in [0.29, 0.717) is 18.1 Å². The minimum absolute atomic E-state index is 0.133. The first-order valence-electron chi connectivity index (χ1n) is 8.79. The zero-order chi connectivity index (χ0) is 17.8. The van der Waals surface area contributed by atoms with Gasteiger partial charge in [0.05, 0.1) is 11.3 Å². The average molecular weight is 342 g/mol. The fourth-order valence-corrected chi connectivity index (χ4v) is 3.35. The Balaban J connectivity index is 1.62. The Hall–Kier alpha value is -2.18. The van der Waals surface area contributed by atoms with E-state index in [4.69, 9.17) is 0 Å². The number of rotatable bonds is 5. The summed E-state index contributed by atoms with van der Waals surface area (Å²) in [5.74, 6) is 0.316. The fourth-order valence-electron chi connectivity index (χ4n) is 3.35. The third-order valence-corrected chi connectivity index (χ3v) is 4.81. The lowest BCUT2D eigenvalue weighted by molar-refractivity contribution is 0.102. The molecule has 1 aromatic heterocycles. The number of aliphatic hydroxyl groups is 1. The number of benzene rings is 1. The van der Waals surface area contributed by atoms with E-state index in [1.165, 1.54) is 5.56 Å². The van der Waals surface area contributed by atoms with Crippen molar-refractivity contribution in [1.82, 2.24) is 14.7 Å². The molecule has 0 radical (unpaired) electrons. The van der Waals surface area contributed by atoms with Crippen molar-refractivity contribution in [3.05, 3.63) is 47.3 Å². The van der Waals surface area contributed by atoms with E-state index in [9.17, 15) is 9.90 Å². The number of hydrogen-bond acceptors (Lipinski definition) is 4. The zero-order valence-electron chi connectivity index (χ0n) is 14.9. The van der Waals surface area contributed by atoms with Crippen molar-refractivity contribution in [3.8, 4) is 0 Å². The number of hydrogen-bond donors (Lipinski definition) is 2. The lowest BCUT2D eigenvalue weighted by Crippen LogP contribution is -2.34. The summed E-state index contributed by atoms with van der Waals surface area (Å²) in [6, 6.07) is 8.00. The molecule has 3 rings (SSSR count). The molecule has 1 aromatic carbocycles. The van der Waals surface area contributed by atoms with Crippen LogP contribution in [0.1, 0.15) is 34.5 Å². The SMILES string of the molecule is Cc1nn(C)cc1C(=O)Nc1cccc(CN2CCC(CO)CC2)c1. The van der Waals surface area contributed by atoms with Gasteiger partial charge in [-0.1, -0.05) is 12.1 Å². The van der Waals surface area contributed by atoms with Crippen molar-refractivity contribution in [2.45, 2.75) is 26.3 Å². The average Bonchev–Trinajstić information content (AvgIpc) is 2.94. The minimum atomic E-state index is -0.133. The van der Waals surface area contributed by atoms with E-state index in [1.54, 1.807) is 10.9 Å². The predicted octanol–water partition coefficient (Wildman–Crippen LogP) is 2.19. The number of nitrogens with zero attached hydrogens (tertiary/aromatic N) is 3. The molecule has 2 aromatic rings. The molecule has 0 unspecified atom stereocenters. The first-order valence-corrected chi connectivity index (χ1v) is 8.79. The van der Waals surface area contributed by atoms with Crippen LogP contribution in [0.4, 0.5) is 5.69 Å². The number of likely N-dealkylation sites (tertiary alicyclic amines) is 1. The Labute approximate surface area is 148 Å². The Morgan fingerprint density at radius 2 is 2.12 bits per heavy atom. The van der Waals surface area contributed by atoms with E-state index in [-0.39, 0.29) is 5.91 Å². The van der Waals surface area contributed by atoms with Crippen LogP contribution in [0.2, 0.25) is 0 Å². The summed E-state index contributed by atoms with van der Waals surface area (Å²) >= 11 is 0. The molecule has 6 heteroatoms. The third kappa shape index (κ3) is 4.46. The number of carbonyl (C=O) groups is 1. The van der Waals surface area contributed by atoms with Crippen molar-refractivity contribution in [2.24, 2.45) is 13.0 Å². The summed E-state index contributed by atoms with van der Waals surface area (Å²) in [6.45, 7) is 5.02. The molecule has 0 spiro atoms. The third-order valence-electron chi connectivity index (χ3n) is 4.81. The first kappa shape index (κ1) is 17.6. The number of aliphatic hydroxyl groups excluding tert-OH is 1. The second kappa shape index (κ2) is 7.80. The molecule has 6 nitrogen and oxygen atoms in total. The Morgan fingerprint density at radius 3 is 2.76 bits per heavy atom. The summed E-state index contributed by atoms with van der Waals surface area (Å²) in [4.78, 5) is 14.8. The smallest absolute Gasteiger partial charge is 0.259 e. The Morgan fingerprint density at radius 1 is 1.36 bits per heavy atom. The Kier molecular flexibility index (Phi) is 5.50. The van der Waals surface area contributed by atoms with Crippen molar-refractivity contribution in [3.63, 3.8) is 0 Å². The molecule has 0 atom stereocenters. The number of aromatic nitrogens is 2. The summed E-state index contributed by atoms with van der Waals surface area (Å²) in [5, 5.41) is 16.4. The first-order chi connectivity index (χ1) is 12.0. The van der Waals surface area contributed by atoms with Crippen LogP contribution in [0.25, 0.3) is 0 Å². The lowest BCUT2D eigenvalue weighted by atomic mass is 9.97. The van der Waals surface area contributed by atoms with Gasteiger partial charge in [-0.25, -0.2) is 0 Å². The predicted molar refractivity (Wildman–Crippen MR) is 97.4 cm³/mol. The molecule has 0 saturated carbocycles. The standard InChI is InChI=1S/C19H26N4O2/c1-14-18(12-22(2)21-14)19(25)20-17-5-3-4-16(10-17)11-23-8-6-15(13-24)7-9-23/h3-5,10,12,15,24H,6-9,11,13H2,1-2H3,(H,20,25). The molecule has 0 bridgehead atoms. The van der Waals surface area contributed by atoms with Crippen LogP contribution in [-0.4, -0.2) is 45.4 Å². The van der Waals surface area contributed by atoms with Crippen LogP contribution in [0.5, 0.6) is 0 Å². The van der Waals surface area contributed by atoms with Crippen LogP contribution >= 0.6 is 0 Å². The van der Waals surface area contributed by atoms with Crippen LogP contribution in [0.3, 0.4) is 0 Å². The van der Waals surface area contributed by atoms with Crippen LogP contribution in [0.15, 0.2) is 30.5 Å². The molecule has 0 aliphatic carbocycles. The van der Waals surface area contributed by atoms with E-state index in [1.807, 2.05) is 32.2 Å². The van der Waals surface area contributed by atoms with Gasteiger partial charge in [-0.2, -0.15) is 5.10 Å². The summed E-state index contributed by atoms with van der Waals surface area (Å²) in [6.07, 6.45) is 3.83. The van der Waals surface area contributed by atoms with E-state index < -0.39 is 0 Å². The van der Waals surface area contributed by atoms with Gasteiger partial charge in [-0.3, -0.25) is 14.4 Å². The maximum absolute atomic E-state index is 12.4. The number of anilines is 1. The summed E-state index contributed by atoms with van der Waals surface area (Å²) in [5.41, 5.74) is 3.31. The number of nitrogens with one attached hydrogen (secondary N) is 1. The Bertz CT molecular complexity index is 733. The summed E-state index contributed by atoms with van der Waals surface area (Å²) in [7, 11) is 1.81. The molecular weight excluding hydrogens is 316 g/mol. The van der Waals surface area contributed by atoms with Gasteiger partial charge in [-0.15, -0.1) is 0 Å². The molecule has 134 valence electrons. The van der Waals surface area contributed by atoms with Crippen molar-refractivity contribution in [1.29, 1.82) is 0 Å². The monoisotopic (exact) mass is 342 g/mol. The second-order valence-corrected chi connectivity index (χ2v) is 6.86. The zero-order valence-corrected chi connectivity index (χ0v) is 14.9. The van der Waals surface area contributed by atoms with Gasteiger partial charge in [0, 0.05) is 32.1 Å². The number of piperidine rings is 1. The maximum Gasteiger partial charge on any atom is 0.259 e. The molecule has 2 N–H and O–H groups in total. The molecule has 1 amide bonds. The largest absolute Gasteiger partial charge is 0.396 e. The van der Waals surface area contributed by atoms with Gasteiger partial charge in [-0.05, 0) is 56.5 Å². The number of carbonyl (C=O) groups excluding carboxylic acids is 1. The molecule has 1 aliphatic heterocycles. The molecule has 1 aliphatic rings. The van der Waals surface area contributed by atoms with Gasteiger partial charge in [0.25, 0.3) is 5.91 Å². The quantitative estimate of drug-likeness (QED) is 0.874. The van der Waals surface area contributed by atoms with Crippen LogP contribution in [0, 0.1) is 12.8 Å². The molecule has 1 saturated heterocycles. The minimum Gasteiger partial charge on any atom is -0.396 e. The number of aryl methyl sites for hydroxylation is 2. The molecule has 1 fully saturated rings. The molecular formula is C19H26N4O2. The van der Waals surface area contributed by atoms with Gasteiger partial charge < -0.3 is 10.4 Å². The fraction of sp³-hybridized carbons (Fsp3) is 0.474. The second-order valence-electron chi connectivity index (χ2n) is 6.86. The van der Waals surface area contributed by atoms with Gasteiger partial charge >= 0.3 is 0 Å². The van der Waals surface area contributed by atoms with Gasteiger partial charge in [0.15, 0.2) is 0 Å². The van der Waals surface area contributed by atoms with Gasteiger partial charge in [0.1, 0.15) is 0 Å². The lowest BCUT2D eigenvalue weighted by Gasteiger charge is -2.31. The molecule has 2 heterocycles. The van der Waals surface area contributed by atoms with E-state index >= 15 is 0 Å². The maximum atomic E-state index is 12.4. The normalized spacial score (nSPS) is 16.1. The van der Waals surface area contributed by atoms with Crippen molar-refractivity contribution in [2.75, 3.05) is 25.0 Å². The van der Waals surface area contributed by atoms with Crippen LogP contribution < -0.4 is 5.32 Å².